The van der Waals surface area contributed by atoms with Crippen molar-refractivity contribution in [1.29, 1.82) is 0 Å². The second-order valence-electron chi connectivity index (χ2n) is 9.33. The van der Waals surface area contributed by atoms with E-state index in [0.29, 0.717) is 22.9 Å². The number of carbonyl (C=O) groups is 1. The summed E-state index contributed by atoms with van der Waals surface area (Å²) in [5.41, 5.74) is 2.23. The summed E-state index contributed by atoms with van der Waals surface area (Å²) in [7, 11) is 1.40. The van der Waals surface area contributed by atoms with Crippen molar-refractivity contribution in [3.63, 3.8) is 0 Å². The van der Waals surface area contributed by atoms with Crippen molar-refractivity contribution < 1.29 is 9.53 Å². The van der Waals surface area contributed by atoms with E-state index in [-0.39, 0.29) is 6.04 Å². The molecule has 6 rings (SSSR count). The van der Waals surface area contributed by atoms with Gasteiger partial charge in [0.15, 0.2) is 5.82 Å². The summed E-state index contributed by atoms with van der Waals surface area (Å²) in [5.74, 6) is 3.00. The van der Waals surface area contributed by atoms with Gasteiger partial charge in [0, 0.05) is 35.6 Å². The number of fused-ring (bicyclic) bond motifs is 3. The quantitative estimate of drug-likeness (QED) is 0.569. The average Bonchev–Trinajstić information content (AvgIpc) is 3.15. The molecule has 1 saturated carbocycles. The Morgan fingerprint density at radius 1 is 1.18 bits per heavy atom. The van der Waals surface area contributed by atoms with E-state index in [2.05, 4.69) is 29.6 Å². The lowest BCUT2D eigenvalue weighted by molar-refractivity contribution is 0.0581. The normalized spacial score (nSPS) is 21.0. The molecule has 9 nitrogen and oxygen atoms in total. The van der Waals surface area contributed by atoms with Gasteiger partial charge in [0.25, 0.3) is 0 Å². The third-order valence-electron chi connectivity index (χ3n) is 7.25. The summed E-state index contributed by atoms with van der Waals surface area (Å²) < 4.78 is 7.18. The first-order valence-electron chi connectivity index (χ1n) is 11.1. The molecule has 3 aromatic rings. The van der Waals surface area contributed by atoms with Gasteiger partial charge in [0.05, 0.1) is 25.4 Å². The number of aromatic nitrogens is 5. The molecule has 0 bridgehead atoms. The van der Waals surface area contributed by atoms with Gasteiger partial charge in [-0.15, -0.1) is 10.2 Å². The van der Waals surface area contributed by atoms with E-state index in [1.807, 2.05) is 31.2 Å². The predicted molar refractivity (Wildman–Crippen MR) is 121 cm³/mol. The third-order valence-corrected chi connectivity index (χ3v) is 7.49. The largest absolute Gasteiger partial charge is 0.453 e. The highest BCUT2D eigenvalue weighted by Gasteiger charge is 2.54. The first kappa shape index (κ1) is 20.4. The summed E-state index contributed by atoms with van der Waals surface area (Å²) in [5, 5.41) is 9.80. The molecule has 0 N–H and O–H groups in total. The van der Waals surface area contributed by atoms with Crippen LogP contribution >= 0.6 is 11.6 Å². The van der Waals surface area contributed by atoms with Crippen molar-refractivity contribution in [3.05, 3.63) is 59.0 Å². The van der Waals surface area contributed by atoms with Crippen LogP contribution in [0.15, 0.2) is 36.8 Å². The van der Waals surface area contributed by atoms with Gasteiger partial charge in [-0.05, 0) is 49.6 Å². The number of rotatable bonds is 2. The molecule has 33 heavy (non-hydrogen) atoms. The van der Waals surface area contributed by atoms with Crippen LogP contribution in [-0.4, -0.2) is 55.9 Å². The Labute approximate surface area is 196 Å². The van der Waals surface area contributed by atoms with Crippen LogP contribution in [0.1, 0.15) is 48.9 Å². The summed E-state index contributed by atoms with van der Waals surface area (Å²) in [6, 6.07) is 7.46. The maximum absolute atomic E-state index is 12.5. The first-order chi connectivity index (χ1) is 16.0. The number of halogens is 1. The molecule has 0 radical (unpaired) electrons. The van der Waals surface area contributed by atoms with Gasteiger partial charge in [-0.1, -0.05) is 11.6 Å². The number of hydrogen-bond acceptors (Lipinski definition) is 7. The number of anilines is 1. The van der Waals surface area contributed by atoms with Crippen molar-refractivity contribution in [2.75, 3.05) is 25.1 Å². The first-order valence-corrected chi connectivity index (χ1v) is 11.5. The number of benzene rings is 1. The summed E-state index contributed by atoms with van der Waals surface area (Å²) in [6.45, 7) is 4.36. The lowest BCUT2D eigenvalue weighted by atomic mass is 9.57. The molecule has 1 spiro atoms. The summed E-state index contributed by atoms with van der Waals surface area (Å²) in [6.07, 6.45) is 5.10. The highest BCUT2D eigenvalue weighted by atomic mass is 35.5. The molecule has 2 fully saturated rings. The standard InChI is InChI=1S/C23H24ClN7O2/c1-14-20-27-28-21(16-8-23(9-16)11-29(12-23)19-5-6-25-13-26-19)31(20)18-4-3-17(24)7-15(18)10-30(14)22(32)33-2/h3-7,13-14,16H,8-12H2,1-2H3. The zero-order chi connectivity index (χ0) is 22.7. The van der Waals surface area contributed by atoms with E-state index in [4.69, 9.17) is 16.3 Å². The summed E-state index contributed by atoms with van der Waals surface area (Å²) >= 11 is 6.31. The number of methoxy groups -OCH3 is 1. The molecule has 1 atom stereocenters. The van der Waals surface area contributed by atoms with Gasteiger partial charge in [-0.25, -0.2) is 14.8 Å². The van der Waals surface area contributed by atoms with Gasteiger partial charge in [0.2, 0.25) is 0 Å². The van der Waals surface area contributed by atoms with Crippen LogP contribution in [0.3, 0.4) is 0 Å². The van der Waals surface area contributed by atoms with Gasteiger partial charge >= 0.3 is 6.09 Å². The van der Waals surface area contributed by atoms with Crippen LogP contribution in [0.4, 0.5) is 10.6 Å². The van der Waals surface area contributed by atoms with Crippen molar-refractivity contribution in [2.45, 2.75) is 38.3 Å². The Morgan fingerprint density at radius 2 is 1.97 bits per heavy atom. The van der Waals surface area contributed by atoms with Crippen molar-refractivity contribution >= 4 is 23.5 Å². The van der Waals surface area contributed by atoms with Crippen LogP contribution in [0, 0.1) is 5.41 Å². The topological polar surface area (TPSA) is 89.3 Å². The molecule has 1 unspecified atom stereocenters. The molecule has 2 aromatic heterocycles. The second kappa shape index (κ2) is 7.41. The van der Waals surface area contributed by atoms with Gasteiger partial charge in [-0.3, -0.25) is 9.47 Å². The molecular weight excluding hydrogens is 442 g/mol. The number of hydrogen-bond donors (Lipinski definition) is 0. The number of carbonyl (C=O) groups excluding carboxylic acids is 1. The van der Waals surface area contributed by atoms with E-state index in [9.17, 15) is 4.79 Å². The Morgan fingerprint density at radius 3 is 2.70 bits per heavy atom. The molecule has 1 saturated heterocycles. The molecule has 4 heterocycles. The Balaban J connectivity index is 1.30. The molecule has 1 aromatic carbocycles. The van der Waals surface area contributed by atoms with Gasteiger partial charge < -0.3 is 9.64 Å². The zero-order valence-corrected chi connectivity index (χ0v) is 19.2. The van der Waals surface area contributed by atoms with Crippen LogP contribution in [0.5, 0.6) is 0 Å². The Bertz CT molecular complexity index is 1220. The van der Waals surface area contributed by atoms with E-state index < -0.39 is 6.09 Å². The zero-order valence-electron chi connectivity index (χ0n) is 18.5. The maximum Gasteiger partial charge on any atom is 0.410 e. The molecule has 10 heteroatoms. The lowest BCUT2D eigenvalue weighted by Gasteiger charge is -2.59. The monoisotopic (exact) mass is 465 g/mol. The van der Waals surface area contributed by atoms with Gasteiger partial charge in [0.1, 0.15) is 18.0 Å². The number of amides is 1. The van der Waals surface area contributed by atoms with E-state index in [1.54, 1.807) is 17.4 Å². The minimum Gasteiger partial charge on any atom is -0.453 e. The molecule has 2 aliphatic heterocycles. The predicted octanol–water partition coefficient (Wildman–Crippen LogP) is 3.74. The van der Waals surface area contributed by atoms with Crippen LogP contribution < -0.4 is 4.90 Å². The minimum atomic E-state index is -0.395. The van der Waals surface area contributed by atoms with Crippen LogP contribution in [0.25, 0.3) is 5.69 Å². The van der Waals surface area contributed by atoms with E-state index in [0.717, 1.165) is 54.6 Å². The van der Waals surface area contributed by atoms with E-state index in [1.165, 1.54) is 7.11 Å². The summed E-state index contributed by atoms with van der Waals surface area (Å²) in [4.78, 5) is 24.9. The Hall–Kier alpha value is -3.20. The Kier molecular flexibility index (Phi) is 4.58. The highest BCUT2D eigenvalue weighted by molar-refractivity contribution is 6.30. The fraction of sp³-hybridized carbons (Fsp3) is 0.435. The number of ether oxygens (including phenoxy) is 1. The number of nitrogens with zero attached hydrogens (tertiary/aromatic N) is 7. The van der Waals surface area contributed by atoms with Crippen molar-refractivity contribution in [2.24, 2.45) is 5.41 Å². The SMILES string of the molecule is COC(=O)N1Cc2cc(Cl)ccc2-n2c(C3CC4(C3)CN(c3ccncn3)C4)nnc2C1C. The van der Waals surface area contributed by atoms with E-state index >= 15 is 0 Å². The van der Waals surface area contributed by atoms with Crippen LogP contribution in [-0.2, 0) is 11.3 Å². The molecule has 170 valence electrons. The highest BCUT2D eigenvalue weighted by Crippen LogP contribution is 2.56. The van der Waals surface area contributed by atoms with Crippen LogP contribution in [0.2, 0.25) is 5.02 Å². The van der Waals surface area contributed by atoms with Crippen molar-refractivity contribution in [3.8, 4) is 5.69 Å². The average molecular weight is 466 g/mol. The second-order valence-corrected chi connectivity index (χ2v) is 9.76. The molecule has 3 aliphatic rings. The minimum absolute atomic E-state index is 0.282. The molecule has 1 aliphatic carbocycles. The molecular formula is C23H24ClN7O2. The van der Waals surface area contributed by atoms with Crippen molar-refractivity contribution in [1.82, 2.24) is 29.6 Å². The van der Waals surface area contributed by atoms with Gasteiger partial charge in [-0.2, -0.15) is 0 Å². The maximum atomic E-state index is 12.5. The fourth-order valence-electron chi connectivity index (χ4n) is 5.61. The third kappa shape index (κ3) is 3.17. The smallest absolute Gasteiger partial charge is 0.410 e. The fourth-order valence-corrected chi connectivity index (χ4v) is 5.81. The molecule has 1 amide bonds. The lowest BCUT2D eigenvalue weighted by Crippen LogP contribution is -2.62.